The predicted octanol–water partition coefficient (Wildman–Crippen LogP) is -0.976. The van der Waals surface area contributed by atoms with E-state index in [0.29, 0.717) is 17.4 Å². The van der Waals surface area contributed by atoms with E-state index in [-0.39, 0.29) is 17.9 Å². The molecule has 1 aliphatic rings. The number of oxazole rings is 1. The molecule has 0 aliphatic carbocycles. The Labute approximate surface area is 86.9 Å². The van der Waals surface area contributed by atoms with E-state index in [1.807, 2.05) is 13.0 Å². The monoisotopic (exact) mass is 207 g/mol. The zero-order valence-electron chi connectivity index (χ0n) is 8.73. The van der Waals surface area contributed by atoms with Gasteiger partial charge in [-0.05, 0) is 19.9 Å². The fourth-order valence-corrected chi connectivity index (χ4v) is 1.53. The summed E-state index contributed by atoms with van der Waals surface area (Å²) in [6.07, 6.45) is 3.30. The summed E-state index contributed by atoms with van der Waals surface area (Å²) in [5.74, 6) is 0.110. The van der Waals surface area contributed by atoms with E-state index < -0.39 is 0 Å². The number of hydrogen-bond acceptors (Lipinski definition) is 5. The normalized spacial score (nSPS) is 23.9. The molecule has 1 aromatic rings. The zero-order valence-corrected chi connectivity index (χ0v) is 8.73. The summed E-state index contributed by atoms with van der Waals surface area (Å²) >= 11 is 0. The van der Waals surface area contributed by atoms with E-state index >= 15 is 0 Å². The van der Waals surface area contributed by atoms with Gasteiger partial charge in [0, 0.05) is 0 Å². The van der Waals surface area contributed by atoms with Gasteiger partial charge in [0.05, 0.1) is 18.6 Å². The molecule has 0 aromatic carbocycles. The first-order valence-electron chi connectivity index (χ1n) is 4.89. The largest absolute Gasteiger partial charge is 0.442 e. The van der Waals surface area contributed by atoms with Crippen LogP contribution in [0.4, 0.5) is 0 Å². The van der Waals surface area contributed by atoms with Gasteiger partial charge in [-0.25, -0.2) is 0 Å². The van der Waals surface area contributed by atoms with Gasteiger partial charge in [-0.3, -0.25) is 9.79 Å². The third-order valence-electron chi connectivity index (χ3n) is 2.34. The molecule has 1 aliphatic heterocycles. The minimum Gasteiger partial charge on any atom is -0.442 e. The van der Waals surface area contributed by atoms with Crippen LogP contribution in [0.2, 0.25) is 0 Å². The van der Waals surface area contributed by atoms with Gasteiger partial charge in [-0.2, -0.15) is 4.98 Å². The molecule has 2 rings (SSSR count). The minimum absolute atomic E-state index is 0.0364. The van der Waals surface area contributed by atoms with Crippen LogP contribution in [0, 0.1) is 0 Å². The Hall–Kier alpha value is -1.49. The van der Waals surface area contributed by atoms with Crippen molar-refractivity contribution in [3.63, 3.8) is 0 Å². The van der Waals surface area contributed by atoms with Crippen molar-refractivity contribution in [1.82, 2.24) is 10.3 Å². The third-order valence-corrected chi connectivity index (χ3v) is 2.34. The fraction of sp³-hybridized carbons (Fsp3) is 0.500. The topological polar surface area (TPSA) is 67.5 Å². The lowest BCUT2D eigenvalue weighted by Crippen LogP contribution is -2.45. The molecule has 80 valence electrons. The lowest BCUT2D eigenvalue weighted by molar-refractivity contribution is -0.116. The van der Waals surface area contributed by atoms with Crippen molar-refractivity contribution in [2.24, 2.45) is 4.99 Å². The highest BCUT2D eigenvalue weighted by molar-refractivity contribution is 5.77. The van der Waals surface area contributed by atoms with Crippen molar-refractivity contribution in [3.05, 3.63) is 17.3 Å². The lowest BCUT2D eigenvalue weighted by atomic mass is 10.1. The summed E-state index contributed by atoms with van der Waals surface area (Å²) in [6, 6.07) is 0.108. The first-order valence-corrected chi connectivity index (χ1v) is 4.89. The van der Waals surface area contributed by atoms with Crippen LogP contribution >= 0.6 is 0 Å². The highest BCUT2D eigenvalue weighted by Crippen LogP contribution is 2.01. The lowest BCUT2D eigenvalue weighted by Gasteiger charge is -2.19. The fourth-order valence-electron chi connectivity index (χ4n) is 1.53. The highest BCUT2D eigenvalue weighted by Gasteiger charge is 2.18. The molecule has 2 atom stereocenters. The highest BCUT2D eigenvalue weighted by atomic mass is 16.3. The number of Topliss-reactive ketones (excluding diaryl/α,β-unsaturated/α-hetero) is 1. The van der Waals surface area contributed by atoms with Crippen LogP contribution in [0.3, 0.4) is 0 Å². The molecule has 0 radical (unpaired) electrons. The number of fused-ring (bicyclic) bond motifs is 1. The second-order valence-corrected chi connectivity index (χ2v) is 3.69. The number of carbonyl (C=O) groups excluding carboxylic acids is 1. The molecule has 0 bridgehead atoms. The molecule has 5 heteroatoms. The van der Waals surface area contributed by atoms with Crippen LogP contribution in [0.25, 0.3) is 6.08 Å². The second-order valence-electron chi connectivity index (χ2n) is 3.69. The van der Waals surface area contributed by atoms with Gasteiger partial charge >= 0.3 is 0 Å². The van der Waals surface area contributed by atoms with Crippen LogP contribution < -0.4 is 16.2 Å². The second kappa shape index (κ2) is 3.94. The summed E-state index contributed by atoms with van der Waals surface area (Å²) in [5.41, 5.74) is 1.32. The van der Waals surface area contributed by atoms with Gasteiger partial charge in [0.1, 0.15) is 5.78 Å². The molecule has 0 saturated carbocycles. The van der Waals surface area contributed by atoms with Crippen molar-refractivity contribution in [3.8, 4) is 0 Å². The Balaban J connectivity index is 2.19. The predicted molar refractivity (Wildman–Crippen MR) is 53.7 cm³/mol. The maximum absolute atomic E-state index is 10.8. The smallest absolute Gasteiger partial charge is 0.194 e. The summed E-state index contributed by atoms with van der Waals surface area (Å²) in [4.78, 5) is 19.2. The van der Waals surface area contributed by atoms with Gasteiger partial charge in [0.15, 0.2) is 17.3 Å². The molecule has 5 nitrogen and oxygen atoms in total. The van der Waals surface area contributed by atoms with E-state index in [1.54, 1.807) is 6.92 Å². The molecule has 15 heavy (non-hydrogen) atoms. The maximum atomic E-state index is 10.8. The van der Waals surface area contributed by atoms with Crippen LogP contribution in [0.15, 0.2) is 15.8 Å². The Morgan fingerprint density at radius 1 is 1.67 bits per heavy atom. The van der Waals surface area contributed by atoms with Gasteiger partial charge in [-0.15, -0.1) is 0 Å². The summed E-state index contributed by atoms with van der Waals surface area (Å²) in [6.45, 7) is 3.88. The maximum Gasteiger partial charge on any atom is 0.194 e. The van der Waals surface area contributed by atoms with Gasteiger partial charge in [0.25, 0.3) is 0 Å². The van der Waals surface area contributed by atoms with E-state index in [4.69, 9.17) is 4.42 Å². The Bertz CT molecular complexity index is 477. The molecule has 2 heterocycles. The number of rotatable bonds is 3. The van der Waals surface area contributed by atoms with Crippen molar-refractivity contribution in [1.29, 1.82) is 0 Å². The zero-order chi connectivity index (χ0) is 10.8. The van der Waals surface area contributed by atoms with Gasteiger partial charge in [-0.1, -0.05) is 0 Å². The van der Waals surface area contributed by atoms with Crippen molar-refractivity contribution < 1.29 is 9.21 Å². The number of nitrogens with zero attached hydrogens (tertiary/aromatic N) is 2. The average molecular weight is 207 g/mol. The Kier molecular flexibility index (Phi) is 2.64. The molecule has 0 fully saturated rings. The minimum atomic E-state index is 0.0364. The van der Waals surface area contributed by atoms with E-state index in [1.165, 1.54) is 6.39 Å². The van der Waals surface area contributed by atoms with Crippen LogP contribution in [-0.2, 0) is 4.79 Å². The average Bonchev–Trinajstić information content (AvgIpc) is 2.60. The molecular formula is C10H13N3O2. The standard InChI is InChI=1S/C10H13N3O2/c1-6(14)4-11-8-3-9-10(12-5-15-9)13-7(8)2/h3,5,7-8,11H,4H2,1-2H3. The van der Waals surface area contributed by atoms with E-state index in [9.17, 15) is 4.79 Å². The summed E-state index contributed by atoms with van der Waals surface area (Å²) < 4.78 is 5.16. The van der Waals surface area contributed by atoms with Crippen molar-refractivity contribution >= 4 is 11.9 Å². The SMILES string of the molecule is CC(=O)CNC1C=c2ocnc2=NC1C. The summed E-state index contributed by atoms with van der Waals surface area (Å²) in [7, 11) is 0. The number of nitrogens with one attached hydrogen (secondary N) is 1. The van der Waals surface area contributed by atoms with Gasteiger partial charge in [0.2, 0.25) is 0 Å². The van der Waals surface area contributed by atoms with Crippen molar-refractivity contribution in [2.75, 3.05) is 6.54 Å². The molecule has 0 amide bonds. The molecule has 1 N–H and O–H groups in total. The van der Waals surface area contributed by atoms with Crippen LogP contribution in [0.1, 0.15) is 13.8 Å². The number of carbonyl (C=O) groups is 1. The molecule has 0 saturated heterocycles. The molecule has 2 unspecified atom stereocenters. The Morgan fingerprint density at radius 3 is 3.20 bits per heavy atom. The summed E-state index contributed by atoms with van der Waals surface area (Å²) in [5, 5.41) is 3.11. The first kappa shape index (κ1) is 10.0. The van der Waals surface area contributed by atoms with E-state index in [0.717, 1.165) is 0 Å². The van der Waals surface area contributed by atoms with Gasteiger partial charge < -0.3 is 9.73 Å². The third kappa shape index (κ3) is 2.12. The quantitative estimate of drug-likeness (QED) is 0.692. The van der Waals surface area contributed by atoms with Crippen molar-refractivity contribution in [2.45, 2.75) is 25.9 Å². The number of aromatic nitrogens is 1. The number of ketones is 1. The van der Waals surface area contributed by atoms with Crippen LogP contribution in [0.5, 0.6) is 0 Å². The van der Waals surface area contributed by atoms with E-state index in [2.05, 4.69) is 15.3 Å². The molecular weight excluding hydrogens is 194 g/mol. The molecule has 1 aromatic heterocycles. The Morgan fingerprint density at radius 2 is 2.47 bits per heavy atom. The first-order chi connectivity index (χ1) is 7.16. The number of hydrogen-bond donors (Lipinski definition) is 1. The molecule has 0 spiro atoms. The van der Waals surface area contributed by atoms with Crippen LogP contribution in [-0.4, -0.2) is 29.4 Å².